The maximum Gasteiger partial charge on any atom is 0.134 e. The highest BCUT2D eigenvalue weighted by atomic mass is 16.3. The van der Waals surface area contributed by atoms with Crippen LogP contribution in [0, 0.1) is 0 Å². The summed E-state index contributed by atoms with van der Waals surface area (Å²) in [4.78, 5) is 0. The van der Waals surface area contributed by atoms with Crippen molar-refractivity contribution < 1.29 is 4.42 Å². The van der Waals surface area contributed by atoms with Crippen molar-refractivity contribution in [3.8, 4) is 11.3 Å². The van der Waals surface area contributed by atoms with Gasteiger partial charge < -0.3 is 9.73 Å². The number of rotatable bonds is 6. The number of hydrogen-bond donors (Lipinski definition) is 1. The smallest absolute Gasteiger partial charge is 0.134 e. The summed E-state index contributed by atoms with van der Waals surface area (Å²) in [5, 5.41) is 3.45. The van der Waals surface area contributed by atoms with E-state index >= 15 is 0 Å². The van der Waals surface area contributed by atoms with Crippen molar-refractivity contribution in [3.05, 3.63) is 47.7 Å². The van der Waals surface area contributed by atoms with Gasteiger partial charge in [0.1, 0.15) is 11.5 Å². The molecule has 108 valence electrons. The predicted octanol–water partition coefficient (Wildman–Crippen LogP) is 5.13. The second kappa shape index (κ2) is 6.76. The number of nitrogens with one attached hydrogen (secondary N) is 1. The summed E-state index contributed by atoms with van der Waals surface area (Å²) >= 11 is 0. The topological polar surface area (TPSA) is 25.2 Å². The number of benzene rings is 1. The van der Waals surface area contributed by atoms with Crippen LogP contribution in [-0.4, -0.2) is 6.54 Å². The molecule has 0 aliphatic rings. The first-order chi connectivity index (χ1) is 9.65. The molecule has 2 aromatic rings. The van der Waals surface area contributed by atoms with Crippen LogP contribution in [0.15, 0.2) is 40.8 Å². The van der Waals surface area contributed by atoms with E-state index in [4.69, 9.17) is 4.42 Å². The van der Waals surface area contributed by atoms with E-state index in [1.165, 1.54) is 5.56 Å². The molecule has 1 atom stereocenters. The molecule has 0 radical (unpaired) electrons. The predicted molar refractivity (Wildman–Crippen MR) is 84.9 cm³/mol. The Labute approximate surface area is 122 Å². The van der Waals surface area contributed by atoms with Crippen molar-refractivity contribution in [2.45, 2.75) is 46.1 Å². The minimum atomic E-state index is 0.307. The molecule has 2 nitrogen and oxygen atoms in total. The summed E-state index contributed by atoms with van der Waals surface area (Å²) in [5.74, 6) is 2.52. The second-order valence-electron chi connectivity index (χ2n) is 5.50. The van der Waals surface area contributed by atoms with Gasteiger partial charge in [-0.1, -0.05) is 45.9 Å². The molecule has 0 saturated carbocycles. The van der Waals surface area contributed by atoms with Gasteiger partial charge in [0, 0.05) is 5.56 Å². The van der Waals surface area contributed by atoms with Crippen LogP contribution in [0.4, 0.5) is 0 Å². The molecule has 1 heterocycles. The van der Waals surface area contributed by atoms with Gasteiger partial charge in [-0.15, -0.1) is 0 Å². The van der Waals surface area contributed by atoms with Crippen LogP contribution in [0.3, 0.4) is 0 Å². The van der Waals surface area contributed by atoms with Crippen LogP contribution >= 0.6 is 0 Å². The van der Waals surface area contributed by atoms with Crippen molar-refractivity contribution in [3.63, 3.8) is 0 Å². The molecule has 0 spiro atoms. The van der Waals surface area contributed by atoms with E-state index in [0.29, 0.717) is 12.0 Å². The van der Waals surface area contributed by atoms with Crippen molar-refractivity contribution in [2.75, 3.05) is 6.54 Å². The zero-order valence-electron chi connectivity index (χ0n) is 12.9. The Morgan fingerprint density at radius 1 is 1.10 bits per heavy atom. The van der Waals surface area contributed by atoms with E-state index in [1.807, 2.05) is 0 Å². The maximum atomic E-state index is 6.05. The third kappa shape index (κ3) is 3.31. The van der Waals surface area contributed by atoms with Gasteiger partial charge in [0.05, 0.1) is 6.04 Å². The summed E-state index contributed by atoms with van der Waals surface area (Å²) in [7, 11) is 0. The third-order valence-electron chi connectivity index (χ3n) is 3.67. The van der Waals surface area contributed by atoms with E-state index in [9.17, 15) is 0 Å². The molecule has 20 heavy (non-hydrogen) atoms. The highest BCUT2D eigenvalue weighted by Crippen LogP contribution is 2.28. The van der Waals surface area contributed by atoms with E-state index in [2.05, 4.69) is 69.4 Å². The van der Waals surface area contributed by atoms with Gasteiger partial charge in [-0.3, -0.25) is 0 Å². The quantitative estimate of drug-likeness (QED) is 0.787. The van der Waals surface area contributed by atoms with Gasteiger partial charge in [-0.05, 0) is 42.6 Å². The molecular weight excluding hydrogens is 246 g/mol. The molecule has 1 aromatic carbocycles. The van der Waals surface area contributed by atoms with Gasteiger partial charge in [0.2, 0.25) is 0 Å². The zero-order valence-corrected chi connectivity index (χ0v) is 12.9. The largest absolute Gasteiger partial charge is 0.459 e. The Morgan fingerprint density at radius 3 is 2.55 bits per heavy atom. The highest BCUT2D eigenvalue weighted by molar-refractivity contribution is 5.59. The monoisotopic (exact) mass is 271 g/mol. The fourth-order valence-electron chi connectivity index (χ4n) is 2.44. The minimum Gasteiger partial charge on any atom is -0.459 e. The third-order valence-corrected chi connectivity index (χ3v) is 3.67. The second-order valence-corrected chi connectivity index (χ2v) is 5.50. The number of furan rings is 1. The first kappa shape index (κ1) is 14.9. The summed E-state index contributed by atoms with van der Waals surface area (Å²) in [6.07, 6.45) is 1.03. The Bertz CT molecular complexity index is 542. The van der Waals surface area contributed by atoms with Gasteiger partial charge in [0.15, 0.2) is 0 Å². The summed E-state index contributed by atoms with van der Waals surface area (Å²) in [6.45, 7) is 9.68. The number of hydrogen-bond acceptors (Lipinski definition) is 2. The van der Waals surface area contributed by atoms with Crippen LogP contribution in [0.5, 0.6) is 0 Å². The lowest BCUT2D eigenvalue weighted by molar-refractivity contribution is 0.417. The van der Waals surface area contributed by atoms with E-state index < -0.39 is 0 Å². The van der Waals surface area contributed by atoms with Gasteiger partial charge >= 0.3 is 0 Å². The zero-order chi connectivity index (χ0) is 14.5. The molecule has 2 rings (SSSR count). The summed E-state index contributed by atoms with van der Waals surface area (Å²) in [5.41, 5.74) is 2.51. The molecular formula is C18H25NO. The SMILES string of the molecule is CCNC(CC)c1ccc(-c2cccc(C(C)C)c2)o1. The van der Waals surface area contributed by atoms with Gasteiger partial charge in [0.25, 0.3) is 0 Å². The molecule has 1 aromatic heterocycles. The van der Waals surface area contributed by atoms with Crippen LogP contribution in [0.2, 0.25) is 0 Å². The molecule has 0 saturated heterocycles. The lowest BCUT2D eigenvalue weighted by Gasteiger charge is -2.12. The van der Waals surface area contributed by atoms with Crippen molar-refractivity contribution in [1.82, 2.24) is 5.32 Å². The Hall–Kier alpha value is -1.54. The first-order valence-electron chi connectivity index (χ1n) is 7.59. The van der Waals surface area contributed by atoms with E-state index in [0.717, 1.165) is 30.0 Å². The van der Waals surface area contributed by atoms with Crippen LogP contribution in [0.1, 0.15) is 57.4 Å². The first-order valence-corrected chi connectivity index (χ1v) is 7.59. The van der Waals surface area contributed by atoms with Crippen molar-refractivity contribution in [2.24, 2.45) is 0 Å². The summed E-state index contributed by atoms with van der Waals surface area (Å²) < 4.78 is 6.05. The minimum absolute atomic E-state index is 0.307. The average molecular weight is 271 g/mol. The van der Waals surface area contributed by atoms with Crippen LogP contribution < -0.4 is 5.32 Å². The molecule has 1 unspecified atom stereocenters. The molecule has 0 amide bonds. The molecule has 0 aliphatic carbocycles. The molecule has 1 N–H and O–H groups in total. The van der Waals surface area contributed by atoms with Crippen LogP contribution in [-0.2, 0) is 0 Å². The molecule has 2 heteroatoms. The molecule has 0 bridgehead atoms. The highest BCUT2D eigenvalue weighted by Gasteiger charge is 2.13. The Kier molecular flexibility index (Phi) is 5.02. The standard InChI is InChI=1S/C18H25NO/c1-5-16(19-6-2)18-11-10-17(20-18)15-9-7-8-14(12-15)13(3)4/h7-13,16,19H,5-6H2,1-4H3. The normalized spacial score (nSPS) is 12.8. The van der Waals surface area contributed by atoms with Gasteiger partial charge in [-0.2, -0.15) is 0 Å². The van der Waals surface area contributed by atoms with Crippen LogP contribution in [0.25, 0.3) is 11.3 Å². The average Bonchev–Trinajstić information content (AvgIpc) is 2.94. The fourth-order valence-corrected chi connectivity index (χ4v) is 2.44. The van der Waals surface area contributed by atoms with Crippen molar-refractivity contribution in [1.29, 1.82) is 0 Å². The van der Waals surface area contributed by atoms with E-state index in [-0.39, 0.29) is 0 Å². The molecule has 0 fully saturated rings. The maximum absolute atomic E-state index is 6.05. The Morgan fingerprint density at radius 2 is 1.90 bits per heavy atom. The fraction of sp³-hybridized carbons (Fsp3) is 0.444. The lowest BCUT2D eigenvalue weighted by Crippen LogP contribution is -2.19. The lowest BCUT2D eigenvalue weighted by atomic mass is 10.0. The van der Waals surface area contributed by atoms with E-state index in [1.54, 1.807) is 0 Å². The van der Waals surface area contributed by atoms with Gasteiger partial charge in [-0.25, -0.2) is 0 Å². The Balaban J connectivity index is 2.26. The summed E-state index contributed by atoms with van der Waals surface area (Å²) in [6, 6.07) is 13.1. The molecule has 0 aliphatic heterocycles. The van der Waals surface area contributed by atoms with Crippen molar-refractivity contribution >= 4 is 0 Å².